The lowest BCUT2D eigenvalue weighted by molar-refractivity contribution is -0.190. The van der Waals surface area contributed by atoms with Crippen LogP contribution in [0, 0.1) is 5.92 Å². The molecule has 1 aromatic rings. The van der Waals surface area contributed by atoms with Gasteiger partial charge in [0.25, 0.3) is 0 Å². The molecule has 0 saturated carbocycles. The molecule has 0 bridgehead atoms. The number of nitrogens with one attached hydrogen (secondary N) is 1. The van der Waals surface area contributed by atoms with Crippen molar-refractivity contribution in [2.24, 2.45) is 11.1 Å². The van der Waals surface area contributed by atoms with Crippen LogP contribution < -0.4 is 10.2 Å². The summed E-state index contributed by atoms with van der Waals surface area (Å²) in [5, 5.41) is 111. The summed E-state index contributed by atoms with van der Waals surface area (Å²) in [7, 11) is 6.97. The van der Waals surface area contributed by atoms with Gasteiger partial charge in [0, 0.05) is 71.2 Å². The summed E-state index contributed by atoms with van der Waals surface area (Å²) in [4.78, 5) is 35.6. The first kappa shape index (κ1) is 70.9. The minimum absolute atomic E-state index is 0.0606. The van der Waals surface area contributed by atoms with Crippen molar-refractivity contribution in [2.45, 2.75) is 139 Å². The van der Waals surface area contributed by atoms with E-state index in [1.54, 1.807) is 87.1 Å². The quantitative estimate of drug-likeness (QED) is 0.0366. The first-order valence-corrected chi connectivity index (χ1v) is 23.9. The van der Waals surface area contributed by atoms with Gasteiger partial charge in [-0.05, 0) is 69.2 Å². The zero-order valence-corrected chi connectivity index (χ0v) is 43.2. The molecule has 11 N–H and O–H groups in total. The van der Waals surface area contributed by atoms with E-state index in [9.17, 15) is 60.8 Å². The van der Waals surface area contributed by atoms with E-state index in [1.807, 2.05) is 76.1 Å². The molecule has 1 aliphatic heterocycles. The summed E-state index contributed by atoms with van der Waals surface area (Å²) in [6.07, 6.45) is 14.5. The van der Waals surface area contributed by atoms with Crippen molar-refractivity contribution in [1.29, 1.82) is 0 Å². The van der Waals surface area contributed by atoms with Crippen LogP contribution in [0.1, 0.15) is 96.5 Å². The second kappa shape index (κ2) is 45.5. The fraction of sp³-hybridized carbons (Fsp3) is 0.519. The summed E-state index contributed by atoms with van der Waals surface area (Å²) >= 11 is 0. The molecule has 0 aromatic heterocycles. The highest BCUT2D eigenvalue weighted by Crippen LogP contribution is 2.26. The van der Waals surface area contributed by atoms with Crippen LogP contribution in [-0.2, 0) is 23.9 Å². The third-order valence-electron chi connectivity index (χ3n) is 10.1. The smallest absolute Gasteiger partial charge is 0.308 e. The summed E-state index contributed by atoms with van der Waals surface area (Å²) in [5.74, 6) is -4.89. The number of amides is 1. The maximum atomic E-state index is 13.6. The molecule has 18 heteroatoms. The van der Waals surface area contributed by atoms with Gasteiger partial charge in [-0.25, -0.2) is 0 Å². The Kier molecular flexibility index (Phi) is 44.8. The number of carbonyl (C=O) groups excluding carboxylic acids is 3. The number of carbonyl (C=O) groups is 3. The topological polar surface area (TPSA) is 300 Å². The van der Waals surface area contributed by atoms with Crippen LogP contribution >= 0.6 is 0 Å². The Morgan fingerprint density at radius 1 is 0.708 bits per heavy atom. The number of esters is 1. The largest absolute Gasteiger partial charge is 0.465 e. The Balaban J connectivity index is -0.00000496. The SMILES string of the molecule is C=C.C=O.CC.CN(C)c1ccc(/C(=N\O)NC(=O)[C@H]2CC[C@@H](O)/C=C/C=C/C=C/C=C/C=C/C=C/C=C/C[C@@H](O)CCOC(=O)C[C@H](O)C[C@H](O)CC[C@@H](O)[C@H](O)C[C@H](O)CC(O)(O)CC2)cc1.COC. The Labute approximate surface area is 427 Å². The van der Waals surface area contributed by atoms with Crippen LogP contribution in [0.3, 0.4) is 0 Å². The summed E-state index contributed by atoms with van der Waals surface area (Å²) in [6, 6.07) is 6.86. The highest BCUT2D eigenvalue weighted by molar-refractivity contribution is 6.08. The van der Waals surface area contributed by atoms with Crippen LogP contribution in [0.2, 0.25) is 0 Å². The molecule has 8 atom stereocenters. The number of cyclic esters (lactones) is 1. The van der Waals surface area contributed by atoms with Gasteiger partial charge in [0.15, 0.2) is 11.6 Å². The molecular formula is C54H87N3O15. The van der Waals surface area contributed by atoms with Gasteiger partial charge in [-0.3, -0.25) is 9.59 Å². The standard InChI is InChI=1S/C47H69N3O13.C2H6O.C2H6.C2H4.CH2O/c1-50(2)36-21-18-34(19-22-36)45(49-62)48-46(59)35-20-23-37(51)16-14-12-10-8-6-4-3-5-7-9-11-13-15-17-38(52)27-29-63-44(58)32-40(54)30-39(53)24-25-42(56)43(57)31-41(55)33-47(60,61)28-26-35;1-3-2;3*1-2/h3-16,18-19,21-22,35,37-43,51-57,60-62H,17,20,23-33H2,1-2H3,(H,48,49,59);1-2H3;1-2H3;1-2H2;1H2/b4-3+,7-5+,8-6+,11-9+,12-10+,15-13+,16-14+;;;;/t35-,37-,38+,39+,40+,41-,42+,43+;;;;/m0..../s1. The fourth-order valence-corrected chi connectivity index (χ4v) is 6.47. The number of benzene rings is 1. The summed E-state index contributed by atoms with van der Waals surface area (Å²) < 4.78 is 9.35. The van der Waals surface area contributed by atoms with E-state index >= 15 is 0 Å². The Morgan fingerprint density at radius 3 is 1.76 bits per heavy atom. The zero-order chi connectivity index (χ0) is 55.3. The number of amidine groups is 1. The minimum Gasteiger partial charge on any atom is -0.465 e. The number of allylic oxidation sites excluding steroid dienone is 12. The molecule has 0 fully saturated rings. The Bertz CT molecular complexity index is 1770. The highest BCUT2D eigenvalue weighted by Gasteiger charge is 2.32. The molecule has 0 aliphatic carbocycles. The van der Waals surface area contributed by atoms with Gasteiger partial charge in [-0.2, -0.15) is 0 Å². The number of oxime groups is 1. The van der Waals surface area contributed by atoms with Gasteiger partial charge in [0.2, 0.25) is 5.91 Å². The Hall–Kier alpha value is -5.38. The van der Waals surface area contributed by atoms with Gasteiger partial charge in [0.1, 0.15) is 6.79 Å². The fourth-order valence-electron chi connectivity index (χ4n) is 6.47. The van der Waals surface area contributed by atoms with Crippen molar-refractivity contribution in [3.8, 4) is 0 Å². The Morgan fingerprint density at radius 2 is 1.24 bits per heavy atom. The van der Waals surface area contributed by atoms with Crippen LogP contribution in [0.25, 0.3) is 0 Å². The molecule has 0 saturated heterocycles. The maximum Gasteiger partial charge on any atom is 0.308 e. The van der Waals surface area contributed by atoms with Crippen molar-refractivity contribution in [3.63, 3.8) is 0 Å². The minimum atomic E-state index is -2.52. The van der Waals surface area contributed by atoms with E-state index in [-0.39, 0.29) is 57.4 Å². The van der Waals surface area contributed by atoms with Crippen LogP contribution in [-0.4, -0.2) is 159 Å². The monoisotopic (exact) mass is 1020 g/mol. The van der Waals surface area contributed by atoms with Crippen molar-refractivity contribution >= 4 is 30.2 Å². The molecule has 1 heterocycles. The molecule has 0 radical (unpaired) electrons. The first-order valence-electron chi connectivity index (χ1n) is 23.9. The number of ether oxygens (including phenoxy) is 2. The van der Waals surface area contributed by atoms with Crippen LogP contribution in [0.4, 0.5) is 5.69 Å². The lowest BCUT2D eigenvalue weighted by Gasteiger charge is -2.28. The third-order valence-corrected chi connectivity index (χ3v) is 10.1. The van der Waals surface area contributed by atoms with E-state index in [1.165, 1.54) is 0 Å². The molecule has 18 nitrogen and oxygen atoms in total. The second-order valence-electron chi connectivity index (χ2n) is 16.3. The van der Waals surface area contributed by atoms with Crippen molar-refractivity contribution in [3.05, 3.63) is 128 Å². The number of aliphatic hydroxyl groups excluding tert-OH is 7. The molecule has 1 aliphatic rings. The number of hydrogen-bond acceptors (Lipinski definition) is 17. The molecule has 72 heavy (non-hydrogen) atoms. The number of anilines is 1. The molecule has 2 rings (SSSR count). The highest BCUT2D eigenvalue weighted by atomic mass is 16.5. The molecule has 1 aromatic carbocycles. The number of hydrogen-bond donors (Lipinski definition) is 11. The van der Waals surface area contributed by atoms with Gasteiger partial charge in [-0.1, -0.05) is 104 Å². The van der Waals surface area contributed by atoms with Crippen molar-refractivity contribution < 1.29 is 75.0 Å². The van der Waals surface area contributed by atoms with E-state index in [0.717, 1.165) is 5.69 Å². The predicted molar refractivity (Wildman–Crippen MR) is 283 cm³/mol. The molecule has 408 valence electrons. The molecule has 1 amide bonds. The maximum absolute atomic E-state index is 13.6. The average Bonchev–Trinajstić information content (AvgIpc) is 3.35. The molecule has 0 spiro atoms. The lowest BCUT2D eigenvalue weighted by Crippen LogP contribution is -2.40. The molecular weight excluding hydrogens is 931 g/mol. The van der Waals surface area contributed by atoms with Gasteiger partial charge in [0.05, 0.1) is 55.8 Å². The normalized spacial score (nSPS) is 27.9. The summed E-state index contributed by atoms with van der Waals surface area (Å²) in [6.45, 7) is 11.9. The van der Waals surface area contributed by atoms with E-state index in [4.69, 9.17) is 9.53 Å². The summed E-state index contributed by atoms with van der Waals surface area (Å²) in [5.41, 5.74) is 1.28. The second-order valence-corrected chi connectivity index (χ2v) is 16.3. The number of methoxy groups -OCH3 is 1. The zero-order valence-electron chi connectivity index (χ0n) is 43.2. The van der Waals surface area contributed by atoms with Crippen LogP contribution in [0.5, 0.6) is 0 Å². The third kappa shape index (κ3) is 37.4. The van der Waals surface area contributed by atoms with Gasteiger partial charge < -0.3 is 75.7 Å². The van der Waals surface area contributed by atoms with Crippen molar-refractivity contribution in [1.82, 2.24) is 5.32 Å². The van der Waals surface area contributed by atoms with E-state index < -0.39 is 92.0 Å². The van der Waals surface area contributed by atoms with E-state index in [0.29, 0.717) is 12.0 Å². The van der Waals surface area contributed by atoms with Crippen LogP contribution in [0.15, 0.2) is 128 Å². The van der Waals surface area contributed by atoms with Gasteiger partial charge in [-0.15, -0.1) is 13.2 Å². The lowest BCUT2D eigenvalue weighted by atomic mass is 9.89. The number of rotatable bonds is 3. The molecule has 0 unspecified atom stereocenters. The van der Waals surface area contributed by atoms with Gasteiger partial charge >= 0.3 is 5.97 Å². The number of nitrogens with zero attached hydrogens (tertiary/aromatic N) is 2. The van der Waals surface area contributed by atoms with E-state index in [2.05, 4.69) is 28.4 Å². The number of aliphatic hydroxyl groups is 9. The van der Waals surface area contributed by atoms with Crippen molar-refractivity contribution in [2.75, 3.05) is 39.8 Å². The average molecular weight is 1020 g/mol. The first-order chi connectivity index (χ1) is 34.4. The predicted octanol–water partition coefficient (Wildman–Crippen LogP) is 4.87.